The van der Waals surface area contributed by atoms with Crippen molar-refractivity contribution in [2.45, 2.75) is 58.4 Å². The maximum absolute atomic E-state index is 12.4. The van der Waals surface area contributed by atoms with E-state index in [2.05, 4.69) is 19.2 Å². The van der Waals surface area contributed by atoms with Crippen LogP contribution in [0.15, 0.2) is 0 Å². The van der Waals surface area contributed by atoms with Crippen molar-refractivity contribution in [2.75, 3.05) is 13.1 Å². The Morgan fingerprint density at radius 2 is 1.76 bits per heavy atom. The Bertz CT molecular complexity index is 386. The van der Waals surface area contributed by atoms with E-state index >= 15 is 0 Å². The third-order valence-electron chi connectivity index (χ3n) is 5.26. The topological polar surface area (TPSA) is 69.6 Å². The first kappa shape index (κ1) is 16.1. The smallest absolute Gasteiger partial charge is 0.317 e. The van der Waals surface area contributed by atoms with Crippen LogP contribution in [0, 0.1) is 17.8 Å². The van der Waals surface area contributed by atoms with Crippen LogP contribution in [0.5, 0.6) is 0 Å². The van der Waals surface area contributed by atoms with Crippen LogP contribution < -0.4 is 5.32 Å². The van der Waals surface area contributed by atoms with E-state index in [0.29, 0.717) is 18.3 Å². The number of likely N-dealkylation sites (tertiary alicyclic amines) is 1. The average Bonchev–Trinajstić information content (AvgIpc) is 2.67. The molecule has 1 saturated heterocycles. The molecule has 2 N–H and O–H groups in total. The first-order valence-electron chi connectivity index (χ1n) is 8.27. The molecule has 5 nitrogen and oxygen atoms in total. The minimum atomic E-state index is -0.775. The third-order valence-corrected chi connectivity index (χ3v) is 5.26. The van der Waals surface area contributed by atoms with Crippen molar-refractivity contribution in [3.05, 3.63) is 0 Å². The lowest BCUT2D eigenvalue weighted by molar-refractivity contribution is -0.142. The molecule has 21 heavy (non-hydrogen) atoms. The number of carbonyl (C=O) groups excluding carboxylic acids is 1. The predicted octanol–water partition coefficient (Wildman–Crippen LogP) is 2.71. The summed E-state index contributed by atoms with van der Waals surface area (Å²) in [6, 6.07) is -0.293. The maximum Gasteiger partial charge on any atom is 0.317 e. The Balaban J connectivity index is 1.95. The summed E-state index contributed by atoms with van der Waals surface area (Å²) < 4.78 is 0. The summed E-state index contributed by atoms with van der Waals surface area (Å²) in [5.41, 5.74) is 0. The molecule has 2 amide bonds. The summed E-state index contributed by atoms with van der Waals surface area (Å²) in [5.74, 6) is -0.0481. The van der Waals surface area contributed by atoms with Crippen LogP contribution in [0.4, 0.5) is 4.79 Å². The summed E-state index contributed by atoms with van der Waals surface area (Å²) in [6.07, 6.45) is 5.50. The van der Waals surface area contributed by atoms with Gasteiger partial charge in [0, 0.05) is 19.1 Å². The van der Waals surface area contributed by atoms with Gasteiger partial charge in [-0.2, -0.15) is 0 Å². The second-order valence-corrected chi connectivity index (χ2v) is 6.83. The Morgan fingerprint density at radius 1 is 1.05 bits per heavy atom. The lowest BCUT2D eigenvalue weighted by atomic mass is 9.89. The van der Waals surface area contributed by atoms with E-state index in [1.165, 1.54) is 0 Å². The first-order valence-corrected chi connectivity index (χ1v) is 8.27. The quantitative estimate of drug-likeness (QED) is 0.770. The molecule has 120 valence electrons. The Kier molecular flexibility index (Phi) is 5.48. The molecular weight excluding hydrogens is 268 g/mol. The van der Waals surface area contributed by atoms with Crippen molar-refractivity contribution in [3.8, 4) is 0 Å². The summed E-state index contributed by atoms with van der Waals surface area (Å²) in [4.78, 5) is 25.7. The zero-order valence-electron chi connectivity index (χ0n) is 13.2. The fraction of sp³-hybridized carbons (Fsp3) is 0.875. The van der Waals surface area contributed by atoms with Gasteiger partial charge in [-0.25, -0.2) is 4.79 Å². The summed E-state index contributed by atoms with van der Waals surface area (Å²) in [6.45, 7) is 5.96. The molecule has 1 aliphatic carbocycles. The molecule has 0 aromatic rings. The molecule has 5 heteroatoms. The van der Waals surface area contributed by atoms with Gasteiger partial charge in [0.25, 0.3) is 0 Å². The van der Waals surface area contributed by atoms with Crippen molar-refractivity contribution >= 4 is 12.0 Å². The van der Waals surface area contributed by atoms with E-state index in [1.807, 2.05) is 4.90 Å². The van der Waals surface area contributed by atoms with Gasteiger partial charge in [0.1, 0.15) is 0 Å². The molecule has 0 spiro atoms. The molecule has 2 rings (SSSR count). The highest BCUT2D eigenvalue weighted by Crippen LogP contribution is 2.25. The fourth-order valence-electron chi connectivity index (χ4n) is 3.47. The van der Waals surface area contributed by atoms with Crippen LogP contribution >= 0.6 is 0 Å². The normalized spacial score (nSPS) is 34.1. The lowest BCUT2D eigenvalue weighted by Gasteiger charge is -2.36. The van der Waals surface area contributed by atoms with Gasteiger partial charge in [-0.15, -0.1) is 0 Å². The largest absolute Gasteiger partial charge is 0.481 e. The molecule has 1 aliphatic heterocycles. The predicted molar refractivity (Wildman–Crippen MR) is 81.0 cm³/mol. The van der Waals surface area contributed by atoms with Crippen molar-refractivity contribution < 1.29 is 14.7 Å². The van der Waals surface area contributed by atoms with Crippen molar-refractivity contribution in [2.24, 2.45) is 17.8 Å². The number of nitrogens with one attached hydrogen (secondary N) is 1. The molecule has 1 saturated carbocycles. The number of carbonyl (C=O) groups is 2. The van der Waals surface area contributed by atoms with Crippen LogP contribution in [0.2, 0.25) is 0 Å². The standard InChI is InChI=1S/C16H28N2O3/c1-11-8-9-18(10-12(11)2)16(21)17-14-7-5-3-4-6-13(14)15(19)20/h11-14H,3-10H2,1-2H3,(H,17,21)(H,19,20). The molecule has 2 aliphatic rings. The number of urea groups is 1. The molecule has 0 aromatic heterocycles. The van der Waals surface area contributed by atoms with E-state index < -0.39 is 11.9 Å². The van der Waals surface area contributed by atoms with Crippen molar-refractivity contribution in [1.29, 1.82) is 0 Å². The van der Waals surface area contributed by atoms with Gasteiger partial charge in [-0.05, 0) is 31.1 Å². The Morgan fingerprint density at radius 3 is 2.43 bits per heavy atom. The second kappa shape index (κ2) is 7.14. The van der Waals surface area contributed by atoms with Crippen molar-refractivity contribution in [1.82, 2.24) is 10.2 Å². The monoisotopic (exact) mass is 296 g/mol. The summed E-state index contributed by atoms with van der Waals surface area (Å²) in [7, 11) is 0. The van der Waals surface area contributed by atoms with Gasteiger partial charge in [-0.3, -0.25) is 4.79 Å². The van der Waals surface area contributed by atoms with Crippen LogP contribution in [0.3, 0.4) is 0 Å². The number of piperidine rings is 1. The van der Waals surface area contributed by atoms with Gasteiger partial charge in [0.05, 0.1) is 5.92 Å². The van der Waals surface area contributed by atoms with E-state index in [1.54, 1.807) is 0 Å². The van der Waals surface area contributed by atoms with Gasteiger partial charge in [0.15, 0.2) is 0 Å². The van der Waals surface area contributed by atoms with E-state index in [4.69, 9.17) is 0 Å². The molecule has 0 radical (unpaired) electrons. The molecule has 4 atom stereocenters. The minimum absolute atomic E-state index is 0.0769. The summed E-state index contributed by atoms with van der Waals surface area (Å²) >= 11 is 0. The van der Waals surface area contributed by atoms with Crippen molar-refractivity contribution in [3.63, 3.8) is 0 Å². The highest BCUT2D eigenvalue weighted by atomic mass is 16.4. The highest BCUT2D eigenvalue weighted by Gasteiger charge is 2.33. The zero-order valence-corrected chi connectivity index (χ0v) is 13.2. The fourth-order valence-corrected chi connectivity index (χ4v) is 3.47. The number of nitrogens with zero attached hydrogens (tertiary/aromatic N) is 1. The zero-order chi connectivity index (χ0) is 15.4. The van der Waals surface area contributed by atoms with Crippen LogP contribution in [-0.4, -0.2) is 41.1 Å². The maximum atomic E-state index is 12.4. The van der Waals surface area contributed by atoms with E-state index in [0.717, 1.165) is 45.2 Å². The van der Waals surface area contributed by atoms with Gasteiger partial charge in [0.2, 0.25) is 0 Å². The number of hydrogen-bond acceptors (Lipinski definition) is 2. The average molecular weight is 296 g/mol. The third kappa shape index (κ3) is 4.11. The first-order chi connectivity index (χ1) is 9.99. The molecule has 4 unspecified atom stereocenters. The van der Waals surface area contributed by atoms with Gasteiger partial charge >= 0.3 is 12.0 Å². The van der Waals surface area contributed by atoms with Crippen LogP contribution in [0.1, 0.15) is 52.4 Å². The van der Waals surface area contributed by atoms with Gasteiger partial charge in [-0.1, -0.05) is 33.1 Å². The lowest BCUT2D eigenvalue weighted by Crippen LogP contribution is -2.52. The highest BCUT2D eigenvalue weighted by molar-refractivity contribution is 5.77. The number of aliphatic carboxylic acids is 1. The minimum Gasteiger partial charge on any atom is -0.481 e. The molecule has 0 aromatic carbocycles. The number of carboxylic acid groups (broad SMARTS) is 1. The molecule has 0 bridgehead atoms. The molecule has 2 fully saturated rings. The van der Waals surface area contributed by atoms with E-state index in [-0.39, 0.29) is 12.1 Å². The summed E-state index contributed by atoms with van der Waals surface area (Å²) in [5, 5.41) is 12.4. The molecule has 1 heterocycles. The second-order valence-electron chi connectivity index (χ2n) is 6.83. The van der Waals surface area contributed by atoms with Gasteiger partial charge < -0.3 is 15.3 Å². The SMILES string of the molecule is CC1CCN(C(=O)NC2CCCCCC2C(=O)O)CC1C. The number of rotatable bonds is 2. The number of hydrogen-bond donors (Lipinski definition) is 2. The Labute approximate surface area is 127 Å². The van der Waals surface area contributed by atoms with E-state index in [9.17, 15) is 14.7 Å². The Hall–Kier alpha value is -1.26. The molecular formula is C16H28N2O3. The number of carboxylic acids is 1. The van der Waals surface area contributed by atoms with Crippen LogP contribution in [-0.2, 0) is 4.79 Å². The van der Waals surface area contributed by atoms with Crippen LogP contribution in [0.25, 0.3) is 0 Å². The number of amides is 2.